The third kappa shape index (κ3) is 2.23. The number of ether oxygens (including phenoxy) is 1. The van der Waals surface area contributed by atoms with Crippen molar-refractivity contribution in [2.45, 2.75) is 0 Å². The highest BCUT2D eigenvalue weighted by molar-refractivity contribution is 5.48. The molecule has 2 N–H and O–H groups in total. The predicted molar refractivity (Wildman–Crippen MR) is 62.0 cm³/mol. The molecule has 0 aromatic heterocycles. The van der Waals surface area contributed by atoms with Crippen LogP contribution >= 0.6 is 0 Å². The summed E-state index contributed by atoms with van der Waals surface area (Å²) < 4.78 is 31.9. The first-order valence-electron chi connectivity index (χ1n) is 5.03. The molecule has 0 spiro atoms. The summed E-state index contributed by atoms with van der Waals surface area (Å²) in [7, 11) is 0. The van der Waals surface area contributed by atoms with Gasteiger partial charge in [0, 0.05) is 12.1 Å². The fourth-order valence-electron chi connectivity index (χ4n) is 1.39. The molecule has 3 nitrogen and oxygen atoms in total. The number of hydrogen-bond donors (Lipinski definition) is 1. The quantitative estimate of drug-likeness (QED) is 0.827. The Hall–Kier alpha value is -2.61. The summed E-state index contributed by atoms with van der Waals surface area (Å²) in [6, 6.07) is 9.85. The van der Waals surface area contributed by atoms with Crippen molar-refractivity contribution in [3.05, 3.63) is 53.6 Å². The molecule has 18 heavy (non-hydrogen) atoms. The molecule has 0 fully saturated rings. The molecule has 2 aromatic rings. The van der Waals surface area contributed by atoms with Crippen LogP contribution in [0, 0.1) is 23.0 Å². The van der Waals surface area contributed by atoms with Crippen LogP contribution in [0.2, 0.25) is 0 Å². The van der Waals surface area contributed by atoms with Crippen LogP contribution in [-0.2, 0) is 0 Å². The van der Waals surface area contributed by atoms with Gasteiger partial charge in [0.05, 0.1) is 11.3 Å². The van der Waals surface area contributed by atoms with E-state index >= 15 is 0 Å². The monoisotopic (exact) mass is 246 g/mol. The molecule has 5 heteroatoms. The van der Waals surface area contributed by atoms with E-state index in [1.165, 1.54) is 12.1 Å². The topological polar surface area (TPSA) is 59.0 Å². The lowest BCUT2D eigenvalue weighted by Gasteiger charge is -2.09. The van der Waals surface area contributed by atoms with Gasteiger partial charge in [0.15, 0.2) is 11.6 Å². The number of benzene rings is 2. The van der Waals surface area contributed by atoms with Gasteiger partial charge in [0.1, 0.15) is 17.6 Å². The summed E-state index contributed by atoms with van der Waals surface area (Å²) in [5, 5.41) is 8.85. The fourth-order valence-corrected chi connectivity index (χ4v) is 1.39. The maximum Gasteiger partial charge on any atom is 0.167 e. The summed E-state index contributed by atoms with van der Waals surface area (Å²) >= 11 is 0. The molecular weight excluding hydrogens is 238 g/mol. The van der Waals surface area contributed by atoms with E-state index in [1.807, 2.05) is 6.07 Å². The Labute approximate surface area is 102 Å². The van der Waals surface area contributed by atoms with Crippen molar-refractivity contribution in [3.8, 4) is 17.6 Å². The number of nitrogen functional groups attached to an aromatic ring is 1. The third-order valence-electron chi connectivity index (χ3n) is 2.28. The van der Waals surface area contributed by atoms with E-state index in [1.54, 1.807) is 12.1 Å². The van der Waals surface area contributed by atoms with Gasteiger partial charge in [-0.15, -0.1) is 0 Å². The Morgan fingerprint density at radius 1 is 1.06 bits per heavy atom. The van der Waals surface area contributed by atoms with Gasteiger partial charge in [0.25, 0.3) is 0 Å². The second-order valence-corrected chi connectivity index (χ2v) is 3.51. The van der Waals surface area contributed by atoms with Crippen molar-refractivity contribution >= 4 is 5.69 Å². The van der Waals surface area contributed by atoms with Gasteiger partial charge in [-0.2, -0.15) is 5.26 Å². The molecule has 0 aliphatic heterocycles. The molecule has 0 aliphatic carbocycles. The summed E-state index contributed by atoms with van der Waals surface area (Å²) in [6.07, 6.45) is 0. The first-order chi connectivity index (χ1) is 8.61. The average molecular weight is 246 g/mol. The second-order valence-electron chi connectivity index (χ2n) is 3.51. The molecule has 0 atom stereocenters. The van der Waals surface area contributed by atoms with Gasteiger partial charge < -0.3 is 10.5 Å². The van der Waals surface area contributed by atoms with Gasteiger partial charge in [-0.3, -0.25) is 0 Å². The number of hydrogen-bond acceptors (Lipinski definition) is 3. The number of halogens is 2. The minimum Gasteiger partial charge on any atom is -0.453 e. The number of nitriles is 1. The van der Waals surface area contributed by atoms with Gasteiger partial charge >= 0.3 is 0 Å². The van der Waals surface area contributed by atoms with Crippen LogP contribution < -0.4 is 10.5 Å². The predicted octanol–water partition coefficient (Wildman–Crippen LogP) is 3.21. The summed E-state index contributed by atoms with van der Waals surface area (Å²) in [6.45, 7) is 0. The molecule has 0 saturated heterocycles. The van der Waals surface area contributed by atoms with E-state index in [9.17, 15) is 8.78 Å². The zero-order valence-electron chi connectivity index (χ0n) is 9.15. The van der Waals surface area contributed by atoms with E-state index < -0.39 is 11.6 Å². The van der Waals surface area contributed by atoms with Crippen LogP contribution in [0.5, 0.6) is 11.5 Å². The van der Waals surface area contributed by atoms with Crippen LogP contribution in [0.25, 0.3) is 0 Å². The average Bonchev–Trinajstić information content (AvgIpc) is 2.36. The summed E-state index contributed by atoms with van der Waals surface area (Å²) in [4.78, 5) is 0. The third-order valence-corrected chi connectivity index (χ3v) is 2.28. The van der Waals surface area contributed by atoms with E-state index in [4.69, 9.17) is 15.7 Å². The SMILES string of the molecule is N#Cc1ccccc1Oc1cc(F)c(N)cc1F. The lowest BCUT2D eigenvalue weighted by molar-refractivity contribution is 0.436. The Morgan fingerprint density at radius 3 is 2.50 bits per heavy atom. The number of anilines is 1. The van der Waals surface area contributed by atoms with Crippen molar-refractivity contribution < 1.29 is 13.5 Å². The minimum atomic E-state index is -0.790. The van der Waals surface area contributed by atoms with Crippen LogP contribution in [-0.4, -0.2) is 0 Å². The molecule has 0 unspecified atom stereocenters. The largest absolute Gasteiger partial charge is 0.453 e. The first kappa shape index (κ1) is 11.9. The van der Waals surface area contributed by atoms with Crippen molar-refractivity contribution in [2.24, 2.45) is 0 Å². The smallest absolute Gasteiger partial charge is 0.167 e. The molecule has 0 aliphatic rings. The Balaban J connectivity index is 2.41. The highest BCUT2D eigenvalue weighted by Gasteiger charge is 2.11. The number of rotatable bonds is 2. The van der Waals surface area contributed by atoms with Crippen LogP contribution in [0.1, 0.15) is 5.56 Å². The second kappa shape index (κ2) is 4.72. The van der Waals surface area contributed by atoms with E-state index in [0.717, 1.165) is 12.1 Å². The molecule has 2 aromatic carbocycles. The zero-order valence-corrected chi connectivity index (χ0v) is 9.15. The van der Waals surface area contributed by atoms with Crippen LogP contribution in [0.15, 0.2) is 36.4 Å². The van der Waals surface area contributed by atoms with Crippen molar-refractivity contribution in [1.29, 1.82) is 5.26 Å². The maximum absolute atomic E-state index is 13.5. The molecule has 90 valence electrons. The Kier molecular flexibility index (Phi) is 3.11. The van der Waals surface area contributed by atoms with Crippen LogP contribution in [0.3, 0.4) is 0 Å². The molecule has 0 amide bonds. The van der Waals surface area contributed by atoms with E-state index in [0.29, 0.717) is 0 Å². The van der Waals surface area contributed by atoms with Gasteiger partial charge in [0.2, 0.25) is 0 Å². The van der Waals surface area contributed by atoms with Gasteiger partial charge in [-0.05, 0) is 12.1 Å². The minimum absolute atomic E-state index is 0.156. The molecule has 0 bridgehead atoms. The van der Waals surface area contributed by atoms with E-state index in [-0.39, 0.29) is 22.7 Å². The molecule has 0 heterocycles. The van der Waals surface area contributed by atoms with Crippen molar-refractivity contribution in [3.63, 3.8) is 0 Å². The molecular formula is C13H8F2N2O. The van der Waals surface area contributed by atoms with Gasteiger partial charge in [-0.25, -0.2) is 8.78 Å². The Bertz CT molecular complexity index is 635. The summed E-state index contributed by atoms with van der Waals surface area (Å²) in [5.74, 6) is -1.73. The van der Waals surface area contributed by atoms with Crippen LogP contribution in [0.4, 0.5) is 14.5 Å². The highest BCUT2D eigenvalue weighted by atomic mass is 19.1. The van der Waals surface area contributed by atoms with Gasteiger partial charge in [-0.1, -0.05) is 12.1 Å². The zero-order chi connectivity index (χ0) is 13.1. The number of nitrogens with zero attached hydrogens (tertiary/aromatic N) is 1. The first-order valence-corrected chi connectivity index (χ1v) is 5.03. The van der Waals surface area contributed by atoms with E-state index in [2.05, 4.69) is 0 Å². The maximum atomic E-state index is 13.5. The lowest BCUT2D eigenvalue weighted by atomic mass is 10.2. The standard InChI is InChI=1S/C13H8F2N2O/c14-9-6-13(10(15)5-11(9)17)18-12-4-2-1-3-8(12)7-16/h1-6H,17H2. The lowest BCUT2D eigenvalue weighted by Crippen LogP contribution is -1.96. The normalized spacial score (nSPS) is 9.83. The number of para-hydroxylation sites is 1. The molecule has 0 radical (unpaired) electrons. The number of nitrogens with two attached hydrogens (primary N) is 1. The highest BCUT2D eigenvalue weighted by Crippen LogP contribution is 2.29. The fraction of sp³-hybridized carbons (Fsp3) is 0. The summed E-state index contributed by atoms with van der Waals surface area (Å²) in [5.41, 5.74) is 5.15. The molecule has 2 rings (SSSR count). The van der Waals surface area contributed by atoms with Crippen molar-refractivity contribution in [1.82, 2.24) is 0 Å². The Morgan fingerprint density at radius 2 is 1.78 bits per heavy atom. The molecule has 0 saturated carbocycles. The van der Waals surface area contributed by atoms with Crippen molar-refractivity contribution in [2.75, 3.05) is 5.73 Å².